The summed E-state index contributed by atoms with van der Waals surface area (Å²) in [5.74, 6) is 0. The number of hydrogen-bond acceptors (Lipinski definition) is 2. The van der Waals surface area contributed by atoms with Crippen molar-refractivity contribution in [3.05, 3.63) is 53.6 Å². The highest BCUT2D eigenvalue weighted by Gasteiger charge is 2.07. The average Bonchev–Trinajstić information content (AvgIpc) is 2.41. The summed E-state index contributed by atoms with van der Waals surface area (Å²) in [5, 5.41) is 0. The maximum atomic E-state index is 6.04. The van der Waals surface area contributed by atoms with Crippen molar-refractivity contribution in [2.45, 2.75) is 20.3 Å². The summed E-state index contributed by atoms with van der Waals surface area (Å²) in [5.41, 5.74) is 11.6. The molecule has 0 aliphatic heterocycles. The minimum absolute atomic E-state index is 0.808. The van der Waals surface area contributed by atoms with Crippen molar-refractivity contribution in [1.29, 1.82) is 0 Å². The minimum Gasteiger partial charge on any atom is -0.397 e. The lowest BCUT2D eigenvalue weighted by Gasteiger charge is -2.22. The molecule has 0 aliphatic rings. The Morgan fingerprint density at radius 2 is 1.72 bits per heavy atom. The highest BCUT2D eigenvalue weighted by Crippen LogP contribution is 2.29. The second kappa shape index (κ2) is 5.13. The first-order valence-corrected chi connectivity index (χ1v) is 6.30. The number of nitrogens with two attached hydrogens (primary N) is 1. The molecule has 0 radical (unpaired) electrons. The standard InChI is InChI=1S/C16H20N2/c1-4-13-6-8-14(9-7-13)18(3)16-11-12(2)5-10-15(16)17/h5-11H,4,17H2,1-3H3. The van der Waals surface area contributed by atoms with Crippen LogP contribution in [-0.4, -0.2) is 7.05 Å². The molecule has 0 amide bonds. The molecule has 2 nitrogen and oxygen atoms in total. The van der Waals surface area contributed by atoms with Crippen LogP contribution in [0.4, 0.5) is 17.1 Å². The largest absolute Gasteiger partial charge is 0.397 e. The van der Waals surface area contributed by atoms with Crippen LogP contribution in [-0.2, 0) is 6.42 Å². The number of nitrogen functional groups attached to an aromatic ring is 1. The Morgan fingerprint density at radius 3 is 2.33 bits per heavy atom. The molecule has 94 valence electrons. The third kappa shape index (κ3) is 2.48. The predicted octanol–water partition coefficient (Wildman–Crippen LogP) is 3.91. The molecule has 0 unspecified atom stereocenters. The molecule has 2 aromatic rings. The van der Waals surface area contributed by atoms with E-state index in [1.165, 1.54) is 11.1 Å². The van der Waals surface area contributed by atoms with E-state index in [0.717, 1.165) is 23.5 Å². The average molecular weight is 240 g/mol. The second-order valence-corrected chi connectivity index (χ2v) is 4.64. The van der Waals surface area contributed by atoms with Crippen molar-refractivity contribution in [3.63, 3.8) is 0 Å². The first-order valence-electron chi connectivity index (χ1n) is 6.30. The van der Waals surface area contributed by atoms with Crippen LogP contribution in [0.3, 0.4) is 0 Å². The Morgan fingerprint density at radius 1 is 1.06 bits per heavy atom. The van der Waals surface area contributed by atoms with Gasteiger partial charge in [-0.15, -0.1) is 0 Å². The summed E-state index contributed by atoms with van der Waals surface area (Å²) in [4.78, 5) is 2.13. The van der Waals surface area contributed by atoms with Gasteiger partial charge in [0.25, 0.3) is 0 Å². The highest BCUT2D eigenvalue weighted by molar-refractivity contribution is 5.75. The van der Waals surface area contributed by atoms with E-state index in [-0.39, 0.29) is 0 Å². The minimum atomic E-state index is 0.808. The van der Waals surface area contributed by atoms with Gasteiger partial charge in [-0.05, 0) is 48.7 Å². The molecule has 0 fully saturated rings. The summed E-state index contributed by atoms with van der Waals surface area (Å²) < 4.78 is 0. The molecular formula is C16H20N2. The summed E-state index contributed by atoms with van der Waals surface area (Å²) in [6.45, 7) is 4.24. The van der Waals surface area contributed by atoms with E-state index in [1.54, 1.807) is 0 Å². The summed E-state index contributed by atoms with van der Waals surface area (Å²) in [6, 6.07) is 14.7. The lowest BCUT2D eigenvalue weighted by Crippen LogP contribution is -2.11. The van der Waals surface area contributed by atoms with Gasteiger partial charge in [0.15, 0.2) is 0 Å². The first-order chi connectivity index (χ1) is 8.61. The van der Waals surface area contributed by atoms with Crippen molar-refractivity contribution >= 4 is 17.1 Å². The van der Waals surface area contributed by atoms with Gasteiger partial charge in [0.1, 0.15) is 0 Å². The molecular weight excluding hydrogens is 220 g/mol. The van der Waals surface area contributed by atoms with E-state index < -0.39 is 0 Å². The molecule has 2 heteroatoms. The van der Waals surface area contributed by atoms with Gasteiger partial charge >= 0.3 is 0 Å². The van der Waals surface area contributed by atoms with E-state index in [4.69, 9.17) is 5.73 Å². The topological polar surface area (TPSA) is 29.3 Å². The molecule has 0 atom stereocenters. The van der Waals surface area contributed by atoms with Gasteiger partial charge in [-0.1, -0.05) is 25.1 Å². The predicted molar refractivity (Wildman–Crippen MR) is 79.5 cm³/mol. The fraction of sp³-hybridized carbons (Fsp3) is 0.250. The zero-order valence-electron chi connectivity index (χ0n) is 11.3. The highest BCUT2D eigenvalue weighted by atomic mass is 15.1. The Kier molecular flexibility index (Phi) is 3.56. The maximum Gasteiger partial charge on any atom is 0.0644 e. The zero-order chi connectivity index (χ0) is 13.1. The second-order valence-electron chi connectivity index (χ2n) is 4.64. The maximum absolute atomic E-state index is 6.04. The van der Waals surface area contributed by atoms with E-state index >= 15 is 0 Å². The van der Waals surface area contributed by atoms with Crippen LogP contribution >= 0.6 is 0 Å². The molecule has 0 aromatic heterocycles. The lowest BCUT2D eigenvalue weighted by molar-refractivity contribution is 1.13. The molecule has 0 saturated heterocycles. The van der Waals surface area contributed by atoms with Gasteiger partial charge < -0.3 is 10.6 Å². The third-order valence-corrected chi connectivity index (χ3v) is 3.28. The van der Waals surface area contributed by atoms with Crippen LogP contribution < -0.4 is 10.6 Å². The molecule has 2 N–H and O–H groups in total. The number of aryl methyl sites for hydroxylation is 2. The number of rotatable bonds is 3. The molecule has 2 rings (SSSR count). The van der Waals surface area contributed by atoms with Crippen LogP contribution in [0.25, 0.3) is 0 Å². The Balaban J connectivity index is 2.34. The van der Waals surface area contributed by atoms with Crippen LogP contribution in [0, 0.1) is 6.92 Å². The van der Waals surface area contributed by atoms with E-state index in [9.17, 15) is 0 Å². The van der Waals surface area contributed by atoms with E-state index in [1.807, 2.05) is 19.2 Å². The van der Waals surface area contributed by atoms with Crippen molar-refractivity contribution < 1.29 is 0 Å². The molecule has 0 heterocycles. The van der Waals surface area contributed by atoms with Crippen molar-refractivity contribution in [2.24, 2.45) is 0 Å². The quantitative estimate of drug-likeness (QED) is 0.824. The van der Waals surface area contributed by atoms with Gasteiger partial charge in [-0.25, -0.2) is 0 Å². The monoisotopic (exact) mass is 240 g/mol. The Labute approximate surface area is 109 Å². The van der Waals surface area contributed by atoms with Crippen molar-refractivity contribution in [2.75, 3.05) is 17.7 Å². The van der Waals surface area contributed by atoms with Crippen molar-refractivity contribution in [3.8, 4) is 0 Å². The summed E-state index contributed by atoms with van der Waals surface area (Å²) in [6.07, 6.45) is 1.07. The molecule has 0 bridgehead atoms. The summed E-state index contributed by atoms with van der Waals surface area (Å²) >= 11 is 0. The van der Waals surface area contributed by atoms with Gasteiger partial charge in [0.05, 0.1) is 11.4 Å². The molecule has 2 aromatic carbocycles. The van der Waals surface area contributed by atoms with Gasteiger partial charge in [0, 0.05) is 12.7 Å². The SMILES string of the molecule is CCc1ccc(N(C)c2cc(C)ccc2N)cc1. The van der Waals surface area contributed by atoms with Crippen LogP contribution in [0.5, 0.6) is 0 Å². The Bertz CT molecular complexity index is 529. The lowest BCUT2D eigenvalue weighted by atomic mass is 10.1. The molecule has 0 aliphatic carbocycles. The van der Waals surface area contributed by atoms with E-state index in [2.05, 4.69) is 49.1 Å². The normalized spacial score (nSPS) is 10.4. The van der Waals surface area contributed by atoms with Crippen molar-refractivity contribution in [1.82, 2.24) is 0 Å². The smallest absolute Gasteiger partial charge is 0.0644 e. The fourth-order valence-corrected chi connectivity index (χ4v) is 2.04. The molecule has 0 spiro atoms. The molecule has 0 saturated carbocycles. The van der Waals surface area contributed by atoms with Crippen LogP contribution in [0.2, 0.25) is 0 Å². The van der Waals surface area contributed by atoms with Gasteiger partial charge in [0.2, 0.25) is 0 Å². The number of hydrogen-bond donors (Lipinski definition) is 1. The van der Waals surface area contributed by atoms with Crippen LogP contribution in [0.1, 0.15) is 18.1 Å². The number of anilines is 3. The summed E-state index contributed by atoms with van der Waals surface area (Å²) in [7, 11) is 2.05. The zero-order valence-corrected chi connectivity index (χ0v) is 11.3. The van der Waals surface area contributed by atoms with Crippen LogP contribution in [0.15, 0.2) is 42.5 Å². The first kappa shape index (κ1) is 12.5. The number of benzene rings is 2. The van der Waals surface area contributed by atoms with E-state index in [0.29, 0.717) is 0 Å². The van der Waals surface area contributed by atoms with Gasteiger partial charge in [-0.3, -0.25) is 0 Å². The fourth-order valence-electron chi connectivity index (χ4n) is 2.04. The Hall–Kier alpha value is -1.96. The molecule has 18 heavy (non-hydrogen) atoms. The van der Waals surface area contributed by atoms with Gasteiger partial charge in [-0.2, -0.15) is 0 Å². The third-order valence-electron chi connectivity index (χ3n) is 3.28. The number of nitrogens with zero attached hydrogens (tertiary/aromatic N) is 1.